The second-order valence-electron chi connectivity index (χ2n) is 8.32. The van der Waals surface area contributed by atoms with Crippen molar-refractivity contribution < 1.29 is 17.9 Å². The highest BCUT2D eigenvalue weighted by Crippen LogP contribution is 2.18. The van der Waals surface area contributed by atoms with Gasteiger partial charge in [0.05, 0.1) is 11.0 Å². The molecule has 1 saturated heterocycles. The van der Waals surface area contributed by atoms with E-state index in [0.29, 0.717) is 19.6 Å². The maximum Gasteiger partial charge on any atom is 0.246 e. The number of hydrogen-bond donors (Lipinski definition) is 1. The monoisotopic (exact) mass is 471 g/mol. The number of anilines is 1. The molecule has 0 aliphatic carbocycles. The molecule has 1 atom stereocenters. The number of carbonyl (C=O) groups is 1. The highest BCUT2D eigenvalue weighted by atomic mass is 32.2. The Kier molecular flexibility index (Phi) is 8.66. The van der Waals surface area contributed by atoms with E-state index in [1.165, 1.54) is 6.08 Å². The number of carbonyl (C=O) groups excluding carboxylic acids is 1. The van der Waals surface area contributed by atoms with Crippen LogP contribution in [0.3, 0.4) is 0 Å². The maximum atomic E-state index is 13.1. The van der Waals surface area contributed by atoms with Crippen molar-refractivity contribution in [1.82, 2.24) is 9.62 Å². The smallest absolute Gasteiger partial charge is 0.246 e. The Balaban J connectivity index is 1.71. The second-order valence-corrected chi connectivity index (χ2v) is 10.1. The first-order valence-corrected chi connectivity index (χ1v) is 12.7. The average molecular weight is 472 g/mol. The molecule has 0 radical (unpaired) electrons. The third-order valence-electron chi connectivity index (χ3n) is 5.53. The molecule has 1 fully saturated rings. The molecule has 2 aromatic rings. The van der Waals surface area contributed by atoms with Crippen molar-refractivity contribution in [1.29, 1.82) is 0 Å². The topological polar surface area (TPSA) is 79.0 Å². The summed E-state index contributed by atoms with van der Waals surface area (Å²) in [6.07, 6.45) is 5.27. The zero-order valence-corrected chi connectivity index (χ0v) is 20.3. The largest absolute Gasteiger partial charge is 0.378 e. The van der Waals surface area contributed by atoms with Crippen molar-refractivity contribution in [3.05, 3.63) is 65.7 Å². The summed E-state index contributed by atoms with van der Waals surface area (Å²) in [5.74, 6) is -0.105. The highest BCUT2D eigenvalue weighted by Gasteiger charge is 2.22. The van der Waals surface area contributed by atoms with Crippen LogP contribution >= 0.6 is 0 Å². The van der Waals surface area contributed by atoms with Crippen LogP contribution in [0.15, 0.2) is 59.5 Å². The van der Waals surface area contributed by atoms with E-state index in [1.54, 1.807) is 42.2 Å². The number of amides is 1. The molecular weight excluding hydrogens is 438 g/mol. The van der Waals surface area contributed by atoms with Crippen molar-refractivity contribution in [3.63, 3.8) is 0 Å². The first kappa shape index (κ1) is 25.0. The number of benzene rings is 2. The summed E-state index contributed by atoms with van der Waals surface area (Å²) >= 11 is 0. The van der Waals surface area contributed by atoms with Gasteiger partial charge >= 0.3 is 0 Å². The first-order chi connectivity index (χ1) is 15.8. The lowest BCUT2D eigenvalue weighted by molar-refractivity contribution is -0.128. The zero-order chi connectivity index (χ0) is 23.8. The lowest BCUT2D eigenvalue weighted by atomic mass is 10.1. The standard InChI is InChI=1S/C25H33N3O4S/c1-4-26-33(30,31)24-14-9-20(10-15-24)11-16-25(29)28(19-23-6-5-17-32-23)18-21-7-12-22(13-8-21)27(2)3/h7-16,23,26H,4-6,17-19H2,1-3H3/b16-11+. The van der Waals surface area contributed by atoms with Gasteiger partial charge in [-0.25, -0.2) is 13.1 Å². The fourth-order valence-corrected chi connectivity index (χ4v) is 4.73. The van der Waals surface area contributed by atoms with Gasteiger partial charge in [0.15, 0.2) is 0 Å². The van der Waals surface area contributed by atoms with Gasteiger partial charge in [-0.2, -0.15) is 0 Å². The molecular formula is C25H33N3O4S. The Morgan fingerprint density at radius 3 is 2.39 bits per heavy atom. The molecule has 7 nitrogen and oxygen atoms in total. The minimum Gasteiger partial charge on any atom is -0.378 e. The van der Waals surface area contributed by atoms with E-state index in [2.05, 4.69) is 4.72 Å². The van der Waals surface area contributed by atoms with E-state index in [1.807, 2.05) is 43.3 Å². The summed E-state index contributed by atoms with van der Waals surface area (Å²) in [7, 11) is 0.496. The van der Waals surface area contributed by atoms with E-state index in [9.17, 15) is 13.2 Å². The molecule has 1 aliphatic rings. The second kappa shape index (κ2) is 11.4. The number of sulfonamides is 1. The van der Waals surface area contributed by atoms with Gasteiger partial charge in [-0.15, -0.1) is 0 Å². The van der Waals surface area contributed by atoms with Gasteiger partial charge in [0, 0.05) is 52.1 Å². The summed E-state index contributed by atoms with van der Waals surface area (Å²) in [4.78, 5) is 17.1. The van der Waals surface area contributed by atoms with E-state index < -0.39 is 10.0 Å². The lowest BCUT2D eigenvalue weighted by Gasteiger charge is -2.25. The molecule has 0 spiro atoms. The van der Waals surface area contributed by atoms with Gasteiger partial charge in [0.2, 0.25) is 15.9 Å². The van der Waals surface area contributed by atoms with Crippen LogP contribution in [0.2, 0.25) is 0 Å². The average Bonchev–Trinajstić information content (AvgIpc) is 3.31. The molecule has 1 unspecified atom stereocenters. The number of hydrogen-bond acceptors (Lipinski definition) is 5. The summed E-state index contributed by atoms with van der Waals surface area (Å²) in [6, 6.07) is 14.6. The first-order valence-electron chi connectivity index (χ1n) is 11.2. The number of rotatable bonds is 10. The Morgan fingerprint density at radius 2 is 1.82 bits per heavy atom. The summed E-state index contributed by atoms with van der Waals surface area (Å²) < 4.78 is 32.4. The molecule has 33 heavy (non-hydrogen) atoms. The van der Waals surface area contributed by atoms with Crippen LogP contribution in [0.5, 0.6) is 0 Å². The fraction of sp³-hybridized carbons (Fsp3) is 0.400. The van der Waals surface area contributed by atoms with Gasteiger partial charge < -0.3 is 14.5 Å². The molecule has 8 heteroatoms. The van der Waals surface area contributed by atoms with Crippen LogP contribution in [-0.2, 0) is 26.1 Å². The molecule has 0 bridgehead atoms. The van der Waals surface area contributed by atoms with E-state index >= 15 is 0 Å². The summed E-state index contributed by atoms with van der Waals surface area (Å²) in [6.45, 7) is 3.84. The third kappa shape index (κ3) is 7.15. The number of ether oxygens (including phenoxy) is 1. The molecule has 3 rings (SSSR count). The van der Waals surface area contributed by atoms with Crippen LogP contribution < -0.4 is 9.62 Å². The van der Waals surface area contributed by atoms with E-state index in [0.717, 1.165) is 36.3 Å². The fourth-order valence-electron chi connectivity index (χ4n) is 3.69. The Labute approximate surface area is 197 Å². The highest BCUT2D eigenvalue weighted by molar-refractivity contribution is 7.89. The van der Waals surface area contributed by atoms with Gasteiger partial charge in [-0.1, -0.05) is 31.2 Å². The molecule has 1 heterocycles. The lowest BCUT2D eigenvalue weighted by Crippen LogP contribution is -2.35. The van der Waals surface area contributed by atoms with E-state index in [-0.39, 0.29) is 16.9 Å². The summed E-state index contributed by atoms with van der Waals surface area (Å²) in [5, 5.41) is 0. The van der Waals surface area contributed by atoms with Crippen molar-refractivity contribution in [2.24, 2.45) is 0 Å². The predicted octanol–water partition coefficient (Wildman–Crippen LogP) is 3.27. The van der Waals surface area contributed by atoms with Crippen molar-refractivity contribution in [2.75, 3.05) is 38.7 Å². The zero-order valence-electron chi connectivity index (χ0n) is 19.5. The van der Waals surface area contributed by atoms with Gasteiger partial charge in [0.25, 0.3) is 0 Å². The van der Waals surface area contributed by atoms with Crippen LogP contribution in [0.1, 0.15) is 30.9 Å². The molecule has 1 amide bonds. The quantitative estimate of drug-likeness (QED) is 0.538. The summed E-state index contributed by atoms with van der Waals surface area (Å²) in [5.41, 5.74) is 2.92. The van der Waals surface area contributed by atoms with Gasteiger partial charge in [0.1, 0.15) is 0 Å². The molecule has 178 valence electrons. The molecule has 1 aliphatic heterocycles. The minimum absolute atomic E-state index is 0.0546. The minimum atomic E-state index is -3.49. The molecule has 1 N–H and O–H groups in total. The van der Waals surface area contributed by atoms with Crippen molar-refractivity contribution in [2.45, 2.75) is 37.3 Å². The number of nitrogens with one attached hydrogen (secondary N) is 1. The maximum absolute atomic E-state index is 13.1. The van der Waals surface area contributed by atoms with Gasteiger partial charge in [-0.05, 0) is 54.3 Å². The third-order valence-corrected chi connectivity index (χ3v) is 7.09. The van der Waals surface area contributed by atoms with Crippen LogP contribution in [-0.4, -0.2) is 59.1 Å². The molecule has 0 aromatic heterocycles. The number of nitrogens with zero attached hydrogens (tertiary/aromatic N) is 2. The Morgan fingerprint density at radius 1 is 1.12 bits per heavy atom. The SMILES string of the molecule is CCNS(=O)(=O)c1ccc(/C=C/C(=O)N(Cc2ccc(N(C)C)cc2)CC2CCCO2)cc1. The van der Waals surface area contributed by atoms with Gasteiger partial charge in [-0.3, -0.25) is 4.79 Å². The Hall–Kier alpha value is -2.68. The molecule has 2 aromatic carbocycles. The normalized spacial score (nSPS) is 16.3. The van der Waals surface area contributed by atoms with Crippen LogP contribution in [0.4, 0.5) is 5.69 Å². The van der Waals surface area contributed by atoms with Crippen LogP contribution in [0.25, 0.3) is 6.08 Å². The van der Waals surface area contributed by atoms with Crippen LogP contribution in [0, 0.1) is 0 Å². The Bertz CT molecular complexity index is 1040. The van der Waals surface area contributed by atoms with E-state index in [4.69, 9.17) is 4.74 Å². The van der Waals surface area contributed by atoms with Crippen molar-refractivity contribution in [3.8, 4) is 0 Å². The predicted molar refractivity (Wildman–Crippen MR) is 131 cm³/mol. The van der Waals surface area contributed by atoms with Crippen molar-refractivity contribution >= 4 is 27.7 Å². The molecule has 0 saturated carbocycles.